The van der Waals surface area contributed by atoms with Crippen molar-refractivity contribution in [2.75, 3.05) is 13.6 Å². The molecule has 1 spiro atoms. The van der Waals surface area contributed by atoms with Crippen LogP contribution in [0.15, 0.2) is 54.3 Å². The van der Waals surface area contributed by atoms with Crippen LogP contribution in [0.1, 0.15) is 42.1 Å². The normalized spacial score (nSPS) is 29.3. The Balaban J connectivity index is 1.24. The number of aliphatic hydroxyl groups excluding tert-OH is 1. The van der Waals surface area contributed by atoms with Crippen LogP contribution in [0.2, 0.25) is 0 Å². The van der Waals surface area contributed by atoms with Gasteiger partial charge in [0, 0.05) is 18.0 Å². The van der Waals surface area contributed by atoms with E-state index in [-0.39, 0.29) is 35.3 Å². The maximum Gasteiger partial charge on any atom is 0.326 e. The molecule has 0 unspecified atom stereocenters. The van der Waals surface area contributed by atoms with Gasteiger partial charge in [0.1, 0.15) is 11.8 Å². The molecule has 11 nitrogen and oxygen atoms in total. The molecule has 11 heteroatoms. The lowest BCUT2D eigenvalue weighted by Gasteiger charge is -2.61. The van der Waals surface area contributed by atoms with Gasteiger partial charge in [0.2, 0.25) is 0 Å². The van der Waals surface area contributed by atoms with Crippen molar-refractivity contribution in [3.05, 3.63) is 71.0 Å². The van der Waals surface area contributed by atoms with Crippen molar-refractivity contribution >= 4 is 17.8 Å². The fourth-order valence-electron chi connectivity index (χ4n) is 7.01. The average Bonchev–Trinajstić information content (AvgIpc) is 3.29. The van der Waals surface area contributed by atoms with Gasteiger partial charge >= 0.3 is 11.9 Å². The lowest BCUT2D eigenvalue weighted by Crippen LogP contribution is -2.74. The van der Waals surface area contributed by atoms with E-state index < -0.39 is 53.5 Å². The first-order chi connectivity index (χ1) is 19.1. The number of carbonyl (C=O) groups is 3. The smallest absolute Gasteiger partial charge is 0.326 e. The second-order valence-electron chi connectivity index (χ2n) is 11.0. The first-order valence-corrected chi connectivity index (χ1v) is 13.2. The van der Waals surface area contributed by atoms with E-state index in [0.29, 0.717) is 19.4 Å². The third-order valence-corrected chi connectivity index (χ3v) is 8.93. The van der Waals surface area contributed by atoms with Gasteiger partial charge in [0.05, 0.1) is 17.4 Å². The van der Waals surface area contributed by atoms with E-state index in [2.05, 4.69) is 10.2 Å². The molecule has 6 rings (SSSR count). The van der Waals surface area contributed by atoms with E-state index in [1.54, 1.807) is 30.3 Å². The van der Waals surface area contributed by atoms with Crippen LogP contribution in [0.5, 0.6) is 11.5 Å². The monoisotopic (exact) mass is 550 g/mol. The third kappa shape index (κ3) is 3.72. The summed E-state index contributed by atoms with van der Waals surface area (Å²) in [5.41, 5.74) is -0.240. The largest absolute Gasteiger partial charge is 0.504 e. The molecule has 210 valence electrons. The van der Waals surface area contributed by atoms with Crippen molar-refractivity contribution in [3.63, 3.8) is 0 Å². The van der Waals surface area contributed by atoms with Gasteiger partial charge in [-0.2, -0.15) is 0 Å². The van der Waals surface area contributed by atoms with Gasteiger partial charge in [0.15, 0.2) is 23.7 Å². The van der Waals surface area contributed by atoms with E-state index in [9.17, 15) is 34.8 Å². The fraction of sp³-hybridized carbons (Fsp3) is 0.414. The second kappa shape index (κ2) is 9.33. The summed E-state index contributed by atoms with van der Waals surface area (Å²) in [6, 6.07) is 9.52. The lowest BCUT2D eigenvalue weighted by atomic mass is 9.50. The maximum absolute atomic E-state index is 13.0. The van der Waals surface area contributed by atoms with E-state index >= 15 is 0 Å². The summed E-state index contributed by atoms with van der Waals surface area (Å²) in [4.78, 5) is 39.6. The Morgan fingerprint density at radius 2 is 1.95 bits per heavy atom. The molecule has 4 aliphatic rings. The molecule has 2 aromatic carbocycles. The summed E-state index contributed by atoms with van der Waals surface area (Å²) in [5.74, 6) is -3.05. The Morgan fingerprint density at radius 1 is 1.20 bits per heavy atom. The first-order valence-electron chi connectivity index (χ1n) is 13.2. The zero-order chi connectivity index (χ0) is 28.4. The number of hydrogen-bond donors (Lipinski definition) is 5. The van der Waals surface area contributed by atoms with Crippen LogP contribution in [0.4, 0.5) is 0 Å². The van der Waals surface area contributed by atoms with Gasteiger partial charge in [-0.25, -0.2) is 4.79 Å². The van der Waals surface area contributed by atoms with Crippen LogP contribution in [0.25, 0.3) is 0 Å². The number of carbonyl (C=O) groups excluding carboxylic acids is 2. The lowest BCUT2D eigenvalue weighted by molar-refractivity contribution is -0.169. The summed E-state index contributed by atoms with van der Waals surface area (Å²) in [6.07, 6.45) is -0.413. The number of hydrogen-bond acceptors (Lipinski definition) is 9. The van der Waals surface area contributed by atoms with Crippen molar-refractivity contribution in [2.45, 2.75) is 61.0 Å². The molecular weight excluding hydrogens is 520 g/mol. The maximum atomic E-state index is 13.0. The first kappa shape index (κ1) is 26.3. The molecule has 6 atom stereocenters. The summed E-state index contributed by atoms with van der Waals surface area (Å²) < 4.78 is 11.9. The number of esters is 1. The van der Waals surface area contributed by atoms with E-state index in [1.807, 2.05) is 13.1 Å². The van der Waals surface area contributed by atoms with Crippen molar-refractivity contribution in [2.24, 2.45) is 0 Å². The predicted molar refractivity (Wildman–Crippen MR) is 138 cm³/mol. The fourth-order valence-corrected chi connectivity index (χ4v) is 7.01. The van der Waals surface area contributed by atoms with Crippen LogP contribution in [0.3, 0.4) is 0 Å². The number of likely N-dealkylation sites (N-methyl/N-ethyl adjacent to an activating group) is 1. The Hall–Kier alpha value is -3.93. The van der Waals surface area contributed by atoms with Crippen LogP contribution in [-0.2, 0) is 31.0 Å². The number of amides is 1. The number of aliphatic hydroxyl groups is 2. The van der Waals surface area contributed by atoms with Gasteiger partial charge in [-0.3, -0.25) is 9.59 Å². The number of likely N-dealkylation sites (tertiary alicyclic amines) is 1. The molecule has 0 radical (unpaired) electrons. The zero-order valence-electron chi connectivity index (χ0n) is 21.7. The van der Waals surface area contributed by atoms with Crippen LogP contribution >= 0.6 is 0 Å². The van der Waals surface area contributed by atoms with Crippen molar-refractivity contribution in [1.82, 2.24) is 10.2 Å². The highest BCUT2D eigenvalue weighted by molar-refractivity contribution is 5.89. The summed E-state index contributed by atoms with van der Waals surface area (Å²) in [7, 11) is 1.96. The van der Waals surface area contributed by atoms with Gasteiger partial charge in [-0.1, -0.05) is 36.4 Å². The van der Waals surface area contributed by atoms with Crippen LogP contribution in [-0.4, -0.2) is 80.6 Å². The van der Waals surface area contributed by atoms with Gasteiger partial charge in [-0.05, 0) is 49.7 Å². The van der Waals surface area contributed by atoms with Crippen molar-refractivity contribution < 1.29 is 44.3 Å². The Morgan fingerprint density at radius 3 is 2.67 bits per heavy atom. The molecule has 1 amide bonds. The highest BCUT2D eigenvalue weighted by Crippen LogP contribution is 2.65. The number of nitrogens with one attached hydrogen (secondary N) is 1. The molecule has 1 fully saturated rings. The minimum atomic E-state index is -1.66. The molecule has 0 aromatic heterocycles. The number of aromatic hydroxyl groups is 1. The van der Waals surface area contributed by atoms with Crippen LogP contribution < -0.4 is 10.1 Å². The molecule has 2 aromatic rings. The van der Waals surface area contributed by atoms with E-state index in [0.717, 1.165) is 11.1 Å². The van der Waals surface area contributed by atoms with Gasteiger partial charge in [-0.15, -0.1) is 0 Å². The number of carboxylic acid groups (broad SMARTS) is 1. The number of benzene rings is 2. The molecule has 2 aliphatic heterocycles. The van der Waals surface area contributed by atoms with Gasteiger partial charge in [0.25, 0.3) is 5.91 Å². The Labute approximate surface area is 229 Å². The number of aliphatic carboxylic acids is 1. The molecule has 5 N–H and O–H groups in total. The minimum Gasteiger partial charge on any atom is -0.504 e. The standard InChI is InChI=1S/C29H30N2O9/c1-31-12-11-28-22-16-7-8-18(32)24(22)40-25(28)19(9-10-29(28,38)20(31)13-16)39-21(33)14-17(27(36)37)30-26(35)23(34)15-5-3-2-4-6-15/h2-9,17,20,23,25,32,34,38H,10-14H2,1H3,(H,30,35)(H,36,37)/t17-,20-,23-,25+,28+,29-/m0/s1. The third-order valence-electron chi connectivity index (χ3n) is 8.93. The van der Waals surface area contributed by atoms with Crippen molar-refractivity contribution in [1.29, 1.82) is 0 Å². The Kier molecular flexibility index (Phi) is 6.13. The predicted octanol–water partition coefficient (Wildman–Crippen LogP) is 0.906. The molecule has 40 heavy (non-hydrogen) atoms. The quantitative estimate of drug-likeness (QED) is 0.313. The molecule has 2 aliphatic carbocycles. The summed E-state index contributed by atoms with van der Waals surface area (Å²) in [6.45, 7) is 0.652. The van der Waals surface area contributed by atoms with Crippen molar-refractivity contribution in [3.8, 4) is 11.5 Å². The van der Waals surface area contributed by atoms with Gasteiger partial charge < -0.3 is 40.1 Å². The van der Waals surface area contributed by atoms with E-state index in [1.165, 1.54) is 12.1 Å². The molecule has 2 heterocycles. The molecular formula is C29H30N2O9. The molecule has 2 bridgehead atoms. The summed E-state index contributed by atoms with van der Waals surface area (Å²) >= 11 is 0. The highest BCUT2D eigenvalue weighted by Gasteiger charge is 2.72. The zero-order valence-corrected chi connectivity index (χ0v) is 21.7. The number of phenolic OH excluding ortho intramolecular Hbond substituents is 1. The topological polar surface area (TPSA) is 166 Å². The molecule has 1 saturated heterocycles. The second-order valence-corrected chi connectivity index (χ2v) is 11.0. The van der Waals surface area contributed by atoms with Crippen LogP contribution in [0, 0.1) is 0 Å². The number of ether oxygens (including phenoxy) is 2. The average molecular weight is 551 g/mol. The number of phenols is 1. The number of rotatable bonds is 7. The Bertz CT molecular complexity index is 1430. The minimum absolute atomic E-state index is 0.0708. The number of carboxylic acids is 1. The highest BCUT2D eigenvalue weighted by atomic mass is 16.6. The molecule has 0 saturated carbocycles. The summed E-state index contributed by atoms with van der Waals surface area (Å²) in [5, 5.41) is 45.0. The SMILES string of the molecule is CN1CC[C@@]23c4c5ccc(O)c4O[C@@H]2C(OC(=O)C[C@H](NC(=O)[C@@H](O)c2ccccc2)C(=O)O)=CC[C@]3(O)[C@@H]1C5. The number of nitrogens with zero attached hydrogens (tertiary/aromatic N) is 1. The number of piperidine rings is 1. The van der Waals surface area contributed by atoms with E-state index in [4.69, 9.17) is 9.47 Å².